The van der Waals surface area contributed by atoms with Gasteiger partial charge in [0, 0.05) is 48.6 Å². The monoisotopic (exact) mass is 677 g/mol. The summed E-state index contributed by atoms with van der Waals surface area (Å²) >= 11 is 0. The van der Waals surface area contributed by atoms with Crippen molar-refractivity contribution in [2.45, 2.75) is 94.7 Å². The highest BCUT2D eigenvalue weighted by atomic mass is 28.4. The van der Waals surface area contributed by atoms with E-state index < -0.39 is 31.5 Å². The molecule has 1 spiro atoms. The second-order valence-electron chi connectivity index (χ2n) is 14.2. The van der Waals surface area contributed by atoms with Crippen molar-refractivity contribution >= 4 is 49.1 Å². The number of carbonyl (C=O) groups excluding carboxylic acids is 4. The van der Waals surface area contributed by atoms with Crippen LogP contribution in [0.25, 0.3) is 0 Å². The summed E-state index contributed by atoms with van der Waals surface area (Å²) in [5.41, 5.74) is 1.84. The summed E-state index contributed by atoms with van der Waals surface area (Å²) in [6, 6.07) is 13.2. The molecule has 2 saturated heterocycles. The van der Waals surface area contributed by atoms with Crippen LogP contribution in [0.4, 0.5) is 17.1 Å². The van der Waals surface area contributed by atoms with Gasteiger partial charge in [-0.1, -0.05) is 25.1 Å². The van der Waals surface area contributed by atoms with Gasteiger partial charge in [0.1, 0.15) is 0 Å². The Bertz CT molecular complexity index is 1590. The van der Waals surface area contributed by atoms with Crippen LogP contribution >= 0.6 is 0 Å². The molecule has 3 amide bonds. The lowest BCUT2D eigenvalue weighted by molar-refractivity contribution is -0.150. The quantitative estimate of drug-likeness (QED) is 0.218. The second kappa shape index (κ2) is 13.4. The van der Waals surface area contributed by atoms with Crippen molar-refractivity contribution in [3.8, 4) is 0 Å². The number of aliphatic hydroxyl groups excluding tert-OH is 1. The van der Waals surface area contributed by atoms with Crippen molar-refractivity contribution in [1.82, 2.24) is 4.90 Å². The number of fused-ring (bicyclic) bond motifs is 3. The van der Waals surface area contributed by atoms with Gasteiger partial charge in [0.2, 0.25) is 11.8 Å². The summed E-state index contributed by atoms with van der Waals surface area (Å²) in [5.74, 6) is -1.26. The lowest BCUT2D eigenvalue weighted by Crippen LogP contribution is -2.46. The maximum Gasteiger partial charge on any atom is 0.305 e. The lowest BCUT2D eigenvalue weighted by Gasteiger charge is -2.33. The third-order valence-electron chi connectivity index (χ3n) is 10.8. The van der Waals surface area contributed by atoms with Crippen molar-refractivity contribution in [2.75, 3.05) is 36.6 Å². The maximum atomic E-state index is 14.8. The Balaban J connectivity index is 1.41. The molecule has 0 unspecified atom stereocenters. The van der Waals surface area contributed by atoms with Gasteiger partial charge < -0.3 is 29.2 Å². The zero-order valence-corrected chi connectivity index (χ0v) is 29.3. The van der Waals surface area contributed by atoms with E-state index in [0.717, 1.165) is 24.1 Å². The van der Waals surface area contributed by atoms with Crippen LogP contribution in [0.2, 0.25) is 18.6 Å². The number of esters is 1. The number of anilines is 3. The third kappa shape index (κ3) is 5.86. The number of ether oxygens (including phenoxy) is 2. The number of unbranched alkanes of at least 4 members (excludes halogenated alkanes) is 1. The summed E-state index contributed by atoms with van der Waals surface area (Å²) in [4.78, 5) is 70.6. The first-order valence-electron chi connectivity index (χ1n) is 17.2. The van der Waals surface area contributed by atoms with E-state index in [9.17, 15) is 29.1 Å². The smallest absolute Gasteiger partial charge is 0.305 e. The highest BCUT2D eigenvalue weighted by Crippen LogP contribution is 2.60. The van der Waals surface area contributed by atoms with E-state index in [-0.39, 0.29) is 49.2 Å². The van der Waals surface area contributed by atoms with Gasteiger partial charge in [-0.25, -0.2) is 0 Å². The van der Waals surface area contributed by atoms with E-state index in [1.54, 1.807) is 14.7 Å². The first-order chi connectivity index (χ1) is 22.9. The van der Waals surface area contributed by atoms with Gasteiger partial charge >= 0.3 is 5.97 Å². The summed E-state index contributed by atoms with van der Waals surface area (Å²) in [6.07, 6.45) is 3.14. The number of rotatable bonds is 10. The van der Waals surface area contributed by atoms with E-state index in [2.05, 4.69) is 0 Å². The van der Waals surface area contributed by atoms with Gasteiger partial charge in [-0.15, -0.1) is 0 Å². The third-order valence-corrected chi connectivity index (χ3v) is 13.3. The van der Waals surface area contributed by atoms with Gasteiger partial charge in [-0.3, -0.25) is 24.1 Å². The predicted octanol–water partition coefficient (Wildman–Crippen LogP) is 4.16. The van der Waals surface area contributed by atoms with Crippen molar-refractivity contribution in [3.05, 3.63) is 53.6 Å². The first-order valence-corrected chi connectivity index (χ1v) is 20.2. The first kappa shape index (κ1) is 34.3. The molecule has 0 saturated carbocycles. The van der Waals surface area contributed by atoms with Crippen LogP contribution in [0.15, 0.2) is 42.5 Å². The van der Waals surface area contributed by atoms with E-state index in [1.165, 1.54) is 7.11 Å². The Morgan fingerprint density at radius 2 is 1.85 bits per heavy atom. The minimum atomic E-state index is -3.03. The number of carbonyl (C=O) groups is 4. The van der Waals surface area contributed by atoms with E-state index in [0.29, 0.717) is 55.7 Å². The van der Waals surface area contributed by atoms with Gasteiger partial charge in [0.05, 0.1) is 43.7 Å². The largest absolute Gasteiger partial charge is 0.469 e. The SMILES string of the molecule is COC(=O)CCCCN1C(=O)[C@]2(O[C@H](CC(=O)N3CCC[C@H]3CO)[C@@H]([Si](C)(C)O)[C@@H]2C)c2cc(N3C(=O)CCc4ccccc43)ccc21. The Morgan fingerprint density at radius 3 is 2.58 bits per heavy atom. The number of para-hydroxylation sites is 1. The fourth-order valence-electron chi connectivity index (χ4n) is 8.62. The van der Waals surface area contributed by atoms with Gasteiger partial charge in [0.25, 0.3) is 5.91 Å². The molecule has 2 aromatic carbocycles. The van der Waals surface area contributed by atoms with Crippen LogP contribution in [0.1, 0.15) is 63.0 Å². The number of benzene rings is 2. The zero-order valence-electron chi connectivity index (χ0n) is 28.3. The summed E-state index contributed by atoms with van der Waals surface area (Å²) in [6.45, 7) is 6.36. The fourth-order valence-corrected chi connectivity index (χ4v) is 11.2. The summed E-state index contributed by atoms with van der Waals surface area (Å²) in [7, 11) is -1.68. The number of likely N-dealkylation sites (tertiary alicyclic amines) is 1. The molecule has 0 radical (unpaired) electrons. The molecule has 5 atom stereocenters. The fraction of sp³-hybridized carbons (Fsp3) is 0.556. The van der Waals surface area contributed by atoms with Crippen LogP contribution < -0.4 is 9.80 Å². The number of nitrogens with zero attached hydrogens (tertiary/aromatic N) is 3. The van der Waals surface area contributed by atoms with Crippen molar-refractivity contribution < 1.29 is 38.6 Å². The minimum absolute atomic E-state index is 0.0103. The average molecular weight is 678 g/mol. The van der Waals surface area contributed by atoms with E-state index in [4.69, 9.17) is 9.47 Å². The van der Waals surface area contributed by atoms with E-state index >= 15 is 0 Å². The van der Waals surface area contributed by atoms with Gasteiger partial charge in [0.15, 0.2) is 13.9 Å². The highest BCUT2D eigenvalue weighted by Gasteiger charge is 2.66. The van der Waals surface area contributed by atoms with Crippen molar-refractivity contribution in [2.24, 2.45) is 5.92 Å². The number of hydrogen-bond acceptors (Lipinski definition) is 8. The van der Waals surface area contributed by atoms with Crippen LogP contribution in [0.3, 0.4) is 0 Å². The maximum absolute atomic E-state index is 14.8. The average Bonchev–Trinajstić information content (AvgIpc) is 3.72. The molecule has 0 aliphatic carbocycles. The predicted molar refractivity (Wildman–Crippen MR) is 182 cm³/mol. The topological polar surface area (TPSA) is 137 Å². The molecule has 4 heterocycles. The number of methoxy groups -OCH3 is 1. The highest BCUT2D eigenvalue weighted by molar-refractivity contribution is 6.71. The molecular weight excluding hydrogens is 630 g/mol. The Hall–Kier alpha value is -3.58. The number of hydrogen-bond donors (Lipinski definition) is 2. The Labute approximate surface area is 282 Å². The van der Waals surface area contributed by atoms with Crippen LogP contribution in [-0.4, -0.2) is 85.8 Å². The van der Waals surface area contributed by atoms with Crippen LogP contribution in [0, 0.1) is 5.92 Å². The molecule has 0 aromatic heterocycles. The molecule has 4 aliphatic rings. The molecule has 2 N–H and O–H groups in total. The molecular formula is C36H47N3O8Si. The number of amides is 3. The Morgan fingerprint density at radius 1 is 1.08 bits per heavy atom. The van der Waals surface area contributed by atoms with Gasteiger partial charge in [-0.2, -0.15) is 0 Å². The Kier molecular flexibility index (Phi) is 9.56. The number of aryl methyl sites for hydroxylation is 1. The molecule has 2 aromatic rings. The lowest BCUT2D eigenvalue weighted by atomic mass is 9.82. The summed E-state index contributed by atoms with van der Waals surface area (Å²) < 4.78 is 11.7. The summed E-state index contributed by atoms with van der Waals surface area (Å²) in [5, 5.41) is 9.89. The molecule has 6 rings (SSSR count). The molecule has 4 aliphatic heterocycles. The van der Waals surface area contributed by atoms with Crippen LogP contribution in [-0.2, 0) is 40.7 Å². The minimum Gasteiger partial charge on any atom is -0.469 e. The van der Waals surface area contributed by atoms with Crippen LogP contribution in [0.5, 0.6) is 0 Å². The molecule has 12 heteroatoms. The molecule has 2 fully saturated rings. The molecule has 11 nitrogen and oxygen atoms in total. The normalized spacial score (nSPS) is 26.8. The van der Waals surface area contributed by atoms with Crippen molar-refractivity contribution in [1.29, 1.82) is 0 Å². The zero-order chi connectivity index (χ0) is 34.4. The molecule has 48 heavy (non-hydrogen) atoms. The number of aliphatic hydroxyl groups is 1. The second-order valence-corrected chi connectivity index (χ2v) is 18.2. The van der Waals surface area contributed by atoms with E-state index in [1.807, 2.05) is 62.5 Å². The molecule has 0 bridgehead atoms. The van der Waals surface area contributed by atoms with Gasteiger partial charge in [-0.05, 0) is 75.0 Å². The van der Waals surface area contributed by atoms with Crippen molar-refractivity contribution in [3.63, 3.8) is 0 Å². The molecule has 258 valence electrons. The standard InChI is InChI=1S/C36H47N3O8Si/c1-23-34(48(3,4)45)30(21-32(42)37-19-9-11-26(37)22-40)47-36(23)27-20-25(39-28-12-6-5-10-24(28)14-17-31(39)41)15-16-29(27)38(35(36)44)18-8-7-13-33(43)46-2/h5-6,10,12,15-16,20,23,26,30,34,40,45H,7-9,11,13-14,17-19,21-22H2,1-4H3/t23-,26-,30+,34-,36+/m0/s1.